The third kappa shape index (κ3) is 3.92. The highest BCUT2D eigenvalue weighted by molar-refractivity contribution is 5.99. The van der Waals surface area contributed by atoms with E-state index in [1.54, 1.807) is 0 Å². The molecule has 0 bridgehead atoms. The molecule has 4 N–H and O–H groups in total. The van der Waals surface area contributed by atoms with Crippen LogP contribution in [-0.2, 0) is 0 Å². The van der Waals surface area contributed by atoms with Crippen molar-refractivity contribution in [1.82, 2.24) is 4.98 Å². The second kappa shape index (κ2) is 7.09. The summed E-state index contributed by atoms with van der Waals surface area (Å²) >= 11 is 0. The van der Waals surface area contributed by atoms with Gasteiger partial charge in [-0.25, -0.2) is 4.98 Å². The highest BCUT2D eigenvalue weighted by atomic mass is 16.1. The molecule has 106 valence electrons. The topological polar surface area (TPSA) is 85.2 Å². The first kappa shape index (κ1) is 15.4. The molecule has 0 saturated heterocycles. The van der Waals surface area contributed by atoms with Crippen LogP contribution in [0.15, 0.2) is 6.07 Å². The lowest BCUT2D eigenvalue weighted by Crippen LogP contribution is -2.31. The zero-order valence-electron chi connectivity index (χ0n) is 12.1. The molecule has 0 saturated carbocycles. The molecule has 5 heteroatoms. The number of carbonyl (C=O) groups excluding carboxylic acids is 1. The van der Waals surface area contributed by atoms with Gasteiger partial charge in [-0.2, -0.15) is 0 Å². The van der Waals surface area contributed by atoms with Gasteiger partial charge in [0, 0.05) is 18.8 Å². The summed E-state index contributed by atoms with van der Waals surface area (Å²) in [5, 5.41) is 0. The molecule has 0 atom stereocenters. The van der Waals surface area contributed by atoms with E-state index in [1.165, 1.54) is 0 Å². The summed E-state index contributed by atoms with van der Waals surface area (Å²) in [6.07, 6.45) is 1.85. The number of nitrogens with two attached hydrogens (primary N) is 2. The van der Waals surface area contributed by atoms with Crippen LogP contribution in [0, 0.1) is 13.8 Å². The molecule has 0 aromatic carbocycles. The number of primary amides is 1. The van der Waals surface area contributed by atoms with Crippen molar-refractivity contribution in [3.8, 4) is 0 Å². The van der Waals surface area contributed by atoms with Crippen LogP contribution in [0.4, 0.5) is 5.82 Å². The molecule has 1 rings (SSSR count). The molecule has 0 aliphatic rings. The van der Waals surface area contributed by atoms with Crippen LogP contribution in [0.1, 0.15) is 41.4 Å². The number of aryl methyl sites for hydroxylation is 2. The first-order chi connectivity index (χ1) is 9.01. The van der Waals surface area contributed by atoms with Gasteiger partial charge in [0.2, 0.25) is 0 Å². The quantitative estimate of drug-likeness (QED) is 0.778. The smallest absolute Gasteiger partial charge is 0.252 e. The van der Waals surface area contributed by atoms with Gasteiger partial charge >= 0.3 is 0 Å². The summed E-state index contributed by atoms with van der Waals surface area (Å²) in [4.78, 5) is 18.3. The number of aromatic nitrogens is 1. The van der Waals surface area contributed by atoms with E-state index in [2.05, 4.69) is 16.8 Å². The first-order valence-electron chi connectivity index (χ1n) is 6.74. The van der Waals surface area contributed by atoms with E-state index in [4.69, 9.17) is 11.5 Å². The molecular weight excluding hydrogens is 240 g/mol. The van der Waals surface area contributed by atoms with Gasteiger partial charge in [0.25, 0.3) is 5.91 Å². The van der Waals surface area contributed by atoms with Gasteiger partial charge < -0.3 is 16.4 Å². The third-order valence-corrected chi connectivity index (χ3v) is 3.00. The number of hydrogen-bond donors (Lipinski definition) is 2. The molecule has 0 aliphatic carbocycles. The highest BCUT2D eigenvalue weighted by Gasteiger charge is 2.18. The van der Waals surface area contributed by atoms with Gasteiger partial charge in [-0.3, -0.25) is 4.79 Å². The second-order valence-electron chi connectivity index (χ2n) is 4.77. The molecular formula is C14H24N4O. The average Bonchev–Trinajstić information content (AvgIpc) is 2.32. The fourth-order valence-corrected chi connectivity index (χ4v) is 2.23. The van der Waals surface area contributed by atoms with Gasteiger partial charge in [0.15, 0.2) is 0 Å². The third-order valence-electron chi connectivity index (χ3n) is 3.00. The van der Waals surface area contributed by atoms with Crippen molar-refractivity contribution in [3.63, 3.8) is 0 Å². The Balaban J connectivity index is 3.22. The molecule has 0 aliphatic heterocycles. The Labute approximate surface area is 115 Å². The van der Waals surface area contributed by atoms with Crippen LogP contribution in [0.2, 0.25) is 0 Å². The minimum atomic E-state index is -0.422. The molecule has 1 heterocycles. The van der Waals surface area contributed by atoms with Crippen LogP contribution >= 0.6 is 0 Å². The Hall–Kier alpha value is -1.62. The number of rotatable bonds is 7. The standard InChI is InChI=1S/C14H24N4O/c1-4-7-18(8-5-6-15)14-12(13(16)19)10(2)9-11(3)17-14/h9H,4-8,15H2,1-3H3,(H2,16,19). The largest absolute Gasteiger partial charge is 0.365 e. The minimum absolute atomic E-state index is 0.422. The van der Waals surface area contributed by atoms with Crippen LogP contribution < -0.4 is 16.4 Å². The lowest BCUT2D eigenvalue weighted by Gasteiger charge is -2.26. The number of carbonyl (C=O) groups is 1. The van der Waals surface area contributed by atoms with Crippen molar-refractivity contribution in [1.29, 1.82) is 0 Å². The highest BCUT2D eigenvalue weighted by Crippen LogP contribution is 2.22. The van der Waals surface area contributed by atoms with E-state index in [1.807, 2.05) is 19.9 Å². The molecule has 0 radical (unpaired) electrons. The van der Waals surface area contributed by atoms with Crippen LogP contribution in [0.5, 0.6) is 0 Å². The number of nitrogens with zero attached hydrogens (tertiary/aromatic N) is 2. The van der Waals surface area contributed by atoms with Gasteiger partial charge in [0.1, 0.15) is 5.82 Å². The van der Waals surface area contributed by atoms with Crippen molar-refractivity contribution in [3.05, 3.63) is 22.9 Å². The van der Waals surface area contributed by atoms with Crippen LogP contribution in [0.3, 0.4) is 0 Å². The van der Waals surface area contributed by atoms with Gasteiger partial charge in [-0.1, -0.05) is 6.92 Å². The predicted molar refractivity (Wildman–Crippen MR) is 78.4 cm³/mol. The van der Waals surface area contributed by atoms with Crippen molar-refractivity contribution in [2.24, 2.45) is 11.5 Å². The monoisotopic (exact) mass is 264 g/mol. The van der Waals surface area contributed by atoms with Crippen molar-refractivity contribution >= 4 is 11.7 Å². The number of hydrogen-bond acceptors (Lipinski definition) is 4. The Kier molecular flexibility index (Phi) is 5.76. The molecule has 0 unspecified atom stereocenters. The summed E-state index contributed by atoms with van der Waals surface area (Å²) in [6.45, 7) is 8.18. The first-order valence-corrected chi connectivity index (χ1v) is 6.74. The average molecular weight is 264 g/mol. The minimum Gasteiger partial charge on any atom is -0.365 e. The van der Waals surface area contributed by atoms with E-state index in [9.17, 15) is 4.79 Å². The fourth-order valence-electron chi connectivity index (χ4n) is 2.23. The molecule has 0 spiro atoms. The van der Waals surface area contributed by atoms with E-state index in [-0.39, 0.29) is 0 Å². The van der Waals surface area contributed by atoms with Gasteiger partial charge in [0.05, 0.1) is 5.56 Å². The normalized spacial score (nSPS) is 10.5. The predicted octanol–water partition coefficient (Wildman–Crippen LogP) is 1.36. The van der Waals surface area contributed by atoms with E-state index in [0.717, 1.165) is 37.2 Å². The Morgan fingerprint density at radius 2 is 2.05 bits per heavy atom. The number of anilines is 1. The zero-order valence-corrected chi connectivity index (χ0v) is 12.1. The van der Waals surface area contributed by atoms with Gasteiger partial charge in [-0.15, -0.1) is 0 Å². The maximum absolute atomic E-state index is 11.7. The summed E-state index contributed by atoms with van der Waals surface area (Å²) in [6, 6.07) is 1.89. The molecule has 1 amide bonds. The van der Waals surface area contributed by atoms with Crippen molar-refractivity contribution in [2.45, 2.75) is 33.6 Å². The van der Waals surface area contributed by atoms with Gasteiger partial charge in [-0.05, 0) is 44.9 Å². The van der Waals surface area contributed by atoms with E-state index < -0.39 is 5.91 Å². The van der Waals surface area contributed by atoms with E-state index >= 15 is 0 Å². The lowest BCUT2D eigenvalue weighted by molar-refractivity contribution is 0.1000. The van der Waals surface area contributed by atoms with Crippen LogP contribution in [-0.4, -0.2) is 30.5 Å². The number of pyridine rings is 1. The Morgan fingerprint density at radius 1 is 1.37 bits per heavy atom. The summed E-state index contributed by atoms with van der Waals surface area (Å²) in [5.41, 5.74) is 13.4. The maximum atomic E-state index is 11.7. The lowest BCUT2D eigenvalue weighted by atomic mass is 10.1. The summed E-state index contributed by atoms with van der Waals surface area (Å²) < 4.78 is 0. The van der Waals surface area contributed by atoms with Crippen LogP contribution in [0.25, 0.3) is 0 Å². The molecule has 1 aromatic rings. The molecule has 5 nitrogen and oxygen atoms in total. The Bertz CT molecular complexity index is 445. The Morgan fingerprint density at radius 3 is 2.58 bits per heavy atom. The summed E-state index contributed by atoms with van der Waals surface area (Å²) in [7, 11) is 0. The van der Waals surface area contributed by atoms with E-state index in [0.29, 0.717) is 17.9 Å². The SMILES string of the molecule is CCCN(CCCN)c1nc(C)cc(C)c1C(N)=O. The maximum Gasteiger partial charge on any atom is 0.252 e. The zero-order chi connectivity index (χ0) is 14.4. The molecule has 1 aromatic heterocycles. The second-order valence-corrected chi connectivity index (χ2v) is 4.77. The van der Waals surface area contributed by atoms with Crippen molar-refractivity contribution < 1.29 is 4.79 Å². The molecule has 0 fully saturated rings. The summed E-state index contributed by atoms with van der Waals surface area (Å²) in [5.74, 6) is 0.272. The number of amides is 1. The molecule has 19 heavy (non-hydrogen) atoms. The van der Waals surface area contributed by atoms with Crippen molar-refractivity contribution in [2.75, 3.05) is 24.5 Å². The fraction of sp³-hybridized carbons (Fsp3) is 0.571.